The lowest BCUT2D eigenvalue weighted by molar-refractivity contribution is -0.109. The number of ether oxygens (including phenoxy) is 1. The quantitative estimate of drug-likeness (QED) is 0.588. The molecule has 0 spiro atoms. The summed E-state index contributed by atoms with van der Waals surface area (Å²) in [5.41, 5.74) is 5.42. The summed E-state index contributed by atoms with van der Waals surface area (Å²) in [4.78, 5) is 23.8. The van der Waals surface area contributed by atoms with Crippen molar-refractivity contribution in [1.29, 1.82) is 0 Å². The molecule has 1 N–H and O–H groups in total. The Bertz CT molecular complexity index is 1000. The van der Waals surface area contributed by atoms with Gasteiger partial charge in [0.1, 0.15) is 12.9 Å². The van der Waals surface area contributed by atoms with E-state index in [1.807, 2.05) is 42.5 Å². The summed E-state index contributed by atoms with van der Waals surface area (Å²) in [5, 5.41) is 3.19. The van der Waals surface area contributed by atoms with Crippen LogP contribution >= 0.6 is 11.6 Å². The van der Waals surface area contributed by atoms with Gasteiger partial charge in [0, 0.05) is 17.4 Å². The van der Waals surface area contributed by atoms with Gasteiger partial charge in [-0.05, 0) is 33.9 Å². The lowest BCUT2D eigenvalue weighted by atomic mass is 9.98. The molecule has 5 heteroatoms. The molecule has 1 aliphatic carbocycles. The van der Waals surface area contributed by atoms with Gasteiger partial charge in [-0.15, -0.1) is 0 Å². The predicted octanol–water partition coefficient (Wildman–Crippen LogP) is 4.99. The van der Waals surface area contributed by atoms with E-state index in [-0.39, 0.29) is 12.5 Å². The van der Waals surface area contributed by atoms with Gasteiger partial charge in [0.2, 0.25) is 0 Å². The molecule has 3 aromatic rings. The number of amides is 1. The number of alkyl carbamates (subject to hydrolysis) is 1. The Morgan fingerprint density at radius 3 is 2.17 bits per heavy atom. The van der Waals surface area contributed by atoms with Gasteiger partial charge < -0.3 is 14.8 Å². The van der Waals surface area contributed by atoms with E-state index in [1.165, 1.54) is 11.1 Å². The number of benzene rings is 3. The highest BCUT2D eigenvalue weighted by atomic mass is 35.5. The highest BCUT2D eigenvalue weighted by Gasteiger charge is 2.29. The third kappa shape index (κ3) is 4.03. The summed E-state index contributed by atoms with van der Waals surface area (Å²) in [6.45, 7) is 0.206. The molecule has 0 radical (unpaired) electrons. The average molecular weight is 406 g/mol. The molecule has 146 valence electrons. The SMILES string of the molecule is O=C[C@H](Cc1ccccc1Cl)NC(=O)OCC1c2ccccc2-c2ccccc21. The number of hydrogen-bond acceptors (Lipinski definition) is 3. The van der Waals surface area contributed by atoms with E-state index < -0.39 is 12.1 Å². The first-order chi connectivity index (χ1) is 14.2. The van der Waals surface area contributed by atoms with Gasteiger partial charge in [-0.1, -0.05) is 78.3 Å². The van der Waals surface area contributed by atoms with E-state index in [1.54, 1.807) is 6.07 Å². The van der Waals surface area contributed by atoms with E-state index in [2.05, 4.69) is 29.6 Å². The fourth-order valence-corrected chi connectivity index (χ4v) is 4.04. The normalized spacial score (nSPS) is 13.3. The first-order valence-electron chi connectivity index (χ1n) is 9.47. The molecular weight excluding hydrogens is 386 g/mol. The first-order valence-corrected chi connectivity index (χ1v) is 9.85. The van der Waals surface area contributed by atoms with Crippen LogP contribution in [-0.2, 0) is 16.0 Å². The lowest BCUT2D eigenvalue weighted by Crippen LogP contribution is -2.38. The molecule has 0 heterocycles. The molecule has 0 saturated heterocycles. The fraction of sp³-hybridized carbons (Fsp3) is 0.167. The molecular formula is C24H20ClNO3. The number of carbonyl (C=O) groups excluding carboxylic acids is 2. The number of nitrogens with one attached hydrogen (secondary N) is 1. The maximum Gasteiger partial charge on any atom is 0.407 e. The molecule has 0 aromatic heterocycles. The average Bonchev–Trinajstić information content (AvgIpc) is 3.07. The van der Waals surface area contributed by atoms with Gasteiger partial charge in [0.25, 0.3) is 0 Å². The number of aldehydes is 1. The van der Waals surface area contributed by atoms with Crippen molar-refractivity contribution in [2.24, 2.45) is 0 Å². The Hall–Kier alpha value is -3.11. The van der Waals surface area contributed by atoms with Gasteiger partial charge in [-0.25, -0.2) is 4.79 Å². The second-order valence-electron chi connectivity index (χ2n) is 7.01. The minimum atomic E-state index is -0.703. The summed E-state index contributed by atoms with van der Waals surface area (Å²) in [5.74, 6) is -0.0219. The van der Waals surface area contributed by atoms with Crippen molar-refractivity contribution in [3.05, 3.63) is 94.5 Å². The van der Waals surface area contributed by atoms with Gasteiger partial charge in [-0.3, -0.25) is 0 Å². The summed E-state index contributed by atoms with van der Waals surface area (Å²) >= 11 is 6.14. The molecule has 0 aliphatic heterocycles. The summed E-state index contributed by atoms with van der Waals surface area (Å²) in [7, 11) is 0. The van der Waals surface area contributed by atoms with Crippen molar-refractivity contribution < 1.29 is 14.3 Å². The Labute approximate surface area is 174 Å². The lowest BCUT2D eigenvalue weighted by Gasteiger charge is -2.17. The molecule has 0 fully saturated rings. The van der Waals surface area contributed by atoms with E-state index in [4.69, 9.17) is 16.3 Å². The smallest absolute Gasteiger partial charge is 0.407 e. The molecule has 0 bridgehead atoms. The molecule has 0 saturated carbocycles. The van der Waals surface area contributed by atoms with Crippen LogP contribution in [0.1, 0.15) is 22.6 Å². The largest absolute Gasteiger partial charge is 0.449 e. The number of hydrogen-bond donors (Lipinski definition) is 1. The standard InChI is InChI=1S/C24H20ClNO3/c25-23-12-6-1-7-16(23)13-17(14-27)26-24(28)29-15-22-20-10-4-2-8-18(20)19-9-3-5-11-21(19)22/h1-12,14,17,22H,13,15H2,(H,26,28)/t17-/m0/s1. The van der Waals surface area contributed by atoms with Crippen LogP contribution in [0.5, 0.6) is 0 Å². The van der Waals surface area contributed by atoms with Crippen LogP contribution in [0.2, 0.25) is 5.02 Å². The number of fused-ring (bicyclic) bond motifs is 3. The van der Waals surface area contributed by atoms with E-state index in [0.717, 1.165) is 16.7 Å². The number of carbonyl (C=O) groups is 2. The summed E-state index contributed by atoms with van der Waals surface area (Å²) in [6, 6.07) is 22.8. The van der Waals surface area contributed by atoms with Crippen LogP contribution in [-0.4, -0.2) is 25.0 Å². The third-order valence-electron chi connectivity index (χ3n) is 5.21. The van der Waals surface area contributed by atoms with Crippen LogP contribution in [0.3, 0.4) is 0 Å². The highest BCUT2D eigenvalue weighted by molar-refractivity contribution is 6.31. The van der Waals surface area contributed by atoms with Crippen LogP contribution in [0.4, 0.5) is 4.79 Å². The number of rotatable bonds is 6. The minimum absolute atomic E-state index is 0.0219. The zero-order chi connectivity index (χ0) is 20.2. The maximum atomic E-state index is 12.3. The molecule has 29 heavy (non-hydrogen) atoms. The Kier molecular flexibility index (Phi) is 5.63. The number of halogens is 1. The summed E-state index contributed by atoms with van der Waals surface area (Å²) in [6.07, 6.45) is 0.397. The van der Waals surface area contributed by atoms with Crippen molar-refractivity contribution in [2.45, 2.75) is 18.4 Å². The Balaban J connectivity index is 1.42. The van der Waals surface area contributed by atoms with Crippen molar-refractivity contribution in [2.75, 3.05) is 6.61 Å². The van der Waals surface area contributed by atoms with Crippen LogP contribution in [0.25, 0.3) is 11.1 Å². The highest BCUT2D eigenvalue weighted by Crippen LogP contribution is 2.44. The van der Waals surface area contributed by atoms with Gasteiger partial charge in [0.05, 0.1) is 6.04 Å². The molecule has 4 nitrogen and oxygen atoms in total. The monoisotopic (exact) mass is 405 g/mol. The molecule has 3 aromatic carbocycles. The second-order valence-corrected chi connectivity index (χ2v) is 7.42. The topological polar surface area (TPSA) is 55.4 Å². The Morgan fingerprint density at radius 1 is 0.966 bits per heavy atom. The fourth-order valence-electron chi connectivity index (χ4n) is 3.83. The predicted molar refractivity (Wildman–Crippen MR) is 113 cm³/mol. The van der Waals surface area contributed by atoms with Crippen LogP contribution < -0.4 is 5.32 Å². The van der Waals surface area contributed by atoms with Gasteiger partial charge in [0.15, 0.2) is 0 Å². The van der Waals surface area contributed by atoms with E-state index in [9.17, 15) is 9.59 Å². The van der Waals surface area contributed by atoms with Crippen molar-refractivity contribution in [1.82, 2.24) is 5.32 Å². The minimum Gasteiger partial charge on any atom is -0.449 e. The molecule has 1 aliphatic rings. The zero-order valence-electron chi connectivity index (χ0n) is 15.7. The van der Waals surface area contributed by atoms with Crippen molar-refractivity contribution >= 4 is 24.0 Å². The molecule has 1 amide bonds. The zero-order valence-corrected chi connectivity index (χ0v) is 16.4. The summed E-state index contributed by atoms with van der Waals surface area (Å²) < 4.78 is 5.50. The second kappa shape index (κ2) is 8.50. The van der Waals surface area contributed by atoms with Gasteiger partial charge >= 0.3 is 6.09 Å². The molecule has 0 unspecified atom stereocenters. The Morgan fingerprint density at radius 2 is 1.55 bits per heavy atom. The van der Waals surface area contributed by atoms with E-state index >= 15 is 0 Å². The molecule has 1 atom stereocenters. The van der Waals surface area contributed by atoms with Crippen LogP contribution in [0, 0.1) is 0 Å². The van der Waals surface area contributed by atoms with Gasteiger partial charge in [-0.2, -0.15) is 0 Å². The van der Waals surface area contributed by atoms with Crippen molar-refractivity contribution in [3.8, 4) is 11.1 Å². The molecule has 4 rings (SSSR count). The first kappa shape index (κ1) is 19.2. The maximum absolute atomic E-state index is 12.3. The van der Waals surface area contributed by atoms with Crippen LogP contribution in [0.15, 0.2) is 72.8 Å². The van der Waals surface area contributed by atoms with Crippen molar-refractivity contribution in [3.63, 3.8) is 0 Å². The third-order valence-corrected chi connectivity index (χ3v) is 5.58. The van der Waals surface area contributed by atoms with E-state index in [0.29, 0.717) is 17.7 Å².